The van der Waals surface area contributed by atoms with Gasteiger partial charge in [-0.1, -0.05) is 52.7 Å². The summed E-state index contributed by atoms with van der Waals surface area (Å²) in [5.74, 6) is 0.833. The van der Waals surface area contributed by atoms with Crippen molar-refractivity contribution in [2.45, 2.75) is 77.2 Å². The van der Waals surface area contributed by atoms with Crippen LogP contribution in [0.5, 0.6) is 0 Å². The average Bonchev–Trinajstić information content (AvgIpc) is 3.31. The predicted molar refractivity (Wildman–Crippen MR) is 132 cm³/mol. The number of carbonyl (C=O) groups is 1. The molecule has 2 atom stereocenters. The van der Waals surface area contributed by atoms with E-state index < -0.39 is 9.84 Å². The zero-order valence-electron chi connectivity index (χ0n) is 19.6. The van der Waals surface area contributed by atoms with E-state index >= 15 is 0 Å². The van der Waals surface area contributed by atoms with Crippen LogP contribution >= 0.6 is 11.3 Å². The number of nitrogens with zero attached hydrogens (tertiary/aromatic N) is 1. The van der Waals surface area contributed by atoms with Gasteiger partial charge in [-0.05, 0) is 55.4 Å². The zero-order chi connectivity index (χ0) is 23.0. The number of piperidine rings is 1. The Morgan fingerprint density at radius 3 is 2.23 bits per heavy atom. The minimum atomic E-state index is -3.19. The van der Waals surface area contributed by atoms with E-state index in [2.05, 4.69) is 4.90 Å². The Bertz CT molecular complexity index is 930. The fourth-order valence-electron chi connectivity index (χ4n) is 4.51. The van der Waals surface area contributed by atoms with Gasteiger partial charge < -0.3 is 4.90 Å². The van der Waals surface area contributed by atoms with E-state index in [9.17, 15) is 13.2 Å². The highest BCUT2D eigenvalue weighted by atomic mass is 32.2. The molecule has 0 bridgehead atoms. The van der Waals surface area contributed by atoms with Crippen molar-refractivity contribution in [2.24, 2.45) is 5.92 Å². The van der Waals surface area contributed by atoms with E-state index in [4.69, 9.17) is 0 Å². The summed E-state index contributed by atoms with van der Waals surface area (Å²) in [6.45, 7) is 8.87. The molecule has 0 spiro atoms. The molecule has 1 aliphatic heterocycles. The average molecular weight is 464 g/mol. The summed E-state index contributed by atoms with van der Waals surface area (Å²) in [5.41, 5.74) is 1.70. The number of amides is 1. The fourth-order valence-corrected chi connectivity index (χ4v) is 6.03. The molecule has 4 nitrogen and oxygen atoms in total. The van der Waals surface area contributed by atoms with Gasteiger partial charge in [-0.25, -0.2) is 8.42 Å². The van der Waals surface area contributed by atoms with Crippen LogP contribution in [0.2, 0.25) is 0 Å². The highest BCUT2D eigenvalue weighted by Gasteiger charge is 2.36. The van der Waals surface area contributed by atoms with E-state index in [0.29, 0.717) is 16.9 Å². The Balaban J connectivity index is 0.000000807. The summed E-state index contributed by atoms with van der Waals surface area (Å²) >= 11 is 1.54. The summed E-state index contributed by atoms with van der Waals surface area (Å²) in [5, 5.41) is 1.94. The predicted octanol–water partition coefficient (Wildman–Crippen LogP) is 6.67. The summed E-state index contributed by atoms with van der Waals surface area (Å²) in [6, 6.07) is 9.25. The number of hydrogen-bond donors (Lipinski definition) is 0. The first-order valence-corrected chi connectivity index (χ1v) is 14.4. The number of fused-ring (bicyclic) bond motifs is 1. The van der Waals surface area contributed by atoms with Gasteiger partial charge in [0.1, 0.15) is 0 Å². The highest BCUT2D eigenvalue weighted by Crippen LogP contribution is 2.37. The summed E-state index contributed by atoms with van der Waals surface area (Å²) in [6.07, 6.45) is 8.51. The van der Waals surface area contributed by atoms with Crippen molar-refractivity contribution in [2.75, 3.05) is 12.8 Å². The van der Waals surface area contributed by atoms with Crippen LogP contribution in [0.3, 0.4) is 0 Å². The molecular weight excluding hydrogens is 426 g/mol. The van der Waals surface area contributed by atoms with Crippen molar-refractivity contribution in [1.29, 1.82) is 0 Å². The van der Waals surface area contributed by atoms with E-state index in [1.54, 1.807) is 23.5 Å². The molecule has 1 saturated heterocycles. The molecule has 6 heteroatoms. The van der Waals surface area contributed by atoms with Crippen molar-refractivity contribution < 1.29 is 13.2 Å². The number of likely N-dealkylation sites (tertiary alicyclic amines) is 1. The quantitative estimate of drug-likeness (QED) is 0.511. The second kappa shape index (κ2) is 11.8. The molecule has 1 aromatic heterocycles. The first kappa shape index (κ1) is 25.6. The van der Waals surface area contributed by atoms with Crippen LogP contribution in [0.4, 0.5) is 0 Å². The maximum absolute atomic E-state index is 13.1. The van der Waals surface area contributed by atoms with Crippen molar-refractivity contribution in [3.05, 3.63) is 41.3 Å². The first-order valence-electron chi connectivity index (χ1n) is 11.6. The molecule has 2 heterocycles. The molecule has 1 aromatic carbocycles. The lowest BCUT2D eigenvalue weighted by Crippen LogP contribution is -2.49. The maximum atomic E-state index is 13.1. The van der Waals surface area contributed by atoms with Gasteiger partial charge in [-0.3, -0.25) is 4.79 Å². The number of benzene rings is 1. The van der Waals surface area contributed by atoms with Gasteiger partial charge in [0.2, 0.25) is 0 Å². The number of rotatable bonds is 3. The molecule has 2 aromatic rings. The molecule has 2 fully saturated rings. The molecule has 2 unspecified atom stereocenters. The molecule has 1 saturated carbocycles. The van der Waals surface area contributed by atoms with Crippen LogP contribution in [-0.2, 0) is 9.84 Å². The van der Waals surface area contributed by atoms with Crippen molar-refractivity contribution >= 4 is 27.1 Å². The van der Waals surface area contributed by atoms with E-state index in [1.807, 2.05) is 51.3 Å². The lowest BCUT2D eigenvalue weighted by Gasteiger charge is -2.44. The molecule has 4 rings (SSSR count). The molecule has 1 aliphatic carbocycles. The molecular formula is C25H37NO3S2. The number of thiophene rings is 1. The Hall–Kier alpha value is -1.66. The van der Waals surface area contributed by atoms with Crippen molar-refractivity contribution in [1.82, 2.24) is 4.90 Å². The number of hydrogen-bond acceptors (Lipinski definition) is 4. The van der Waals surface area contributed by atoms with Crippen LogP contribution < -0.4 is 0 Å². The fraction of sp³-hybridized carbons (Fsp3) is 0.560. The van der Waals surface area contributed by atoms with E-state index in [0.717, 1.165) is 35.4 Å². The van der Waals surface area contributed by atoms with Crippen LogP contribution in [-0.4, -0.2) is 38.1 Å². The minimum absolute atomic E-state index is 0.154. The van der Waals surface area contributed by atoms with Crippen LogP contribution in [0, 0.1) is 5.92 Å². The van der Waals surface area contributed by atoms with Crippen LogP contribution in [0.25, 0.3) is 10.4 Å². The largest absolute Gasteiger partial charge is 0.335 e. The van der Waals surface area contributed by atoms with E-state index in [-0.39, 0.29) is 5.91 Å². The monoisotopic (exact) mass is 463 g/mol. The summed E-state index contributed by atoms with van der Waals surface area (Å²) in [7, 11) is -3.19. The standard InChI is InChI=1S/C21H25NO3S2.2C2H6/c1-27(24,25)18-10-8-16(9-11-18)20-13-17(14-26-20)21(23)22-12-4-6-15-5-2-3-7-19(15)22;2*1-2/h8-11,13-15,19H,2-7,12H2,1H3;2*1-2H3. The maximum Gasteiger partial charge on any atom is 0.254 e. The molecule has 31 heavy (non-hydrogen) atoms. The van der Waals surface area contributed by atoms with Crippen LogP contribution in [0.1, 0.15) is 76.6 Å². The SMILES string of the molecule is CC.CC.CS(=O)(=O)c1ccc(-c2cc(C(=O)N3CCCC4CCCCC43)cs2)cc1. The van der Waals surface area contributed by atoms with Crippen LogP contribution in [0.15, 0.2) is 40.6 Å². The zero-order valence-corrected chi connectivity index (χ0v) is 21.2. The smallest absolute Gasteiger partial charge is 0.254 e. The Morgan fingerprint density at radius 2 is 1.58 bits per heavy atom. The second-order valence-electron chi connectivity index (χ2n) is 7.75. The molecule has 0 N–H and O–H groups in total. The van der Waals surface area contributed by atoms with Gasteiger partial charge in [-0.15, -0.1) is 11.3 Å². The summed E-state index contributed by atoms with van der Waals surface area (Å²) in [4.78, 5) is 16.6. The lowest BCUT2D eigenvalue weighted by atomic mass is 9.78. The molecule has 0 radical (unpaired) electrons. The first-order chi connectivity index (χ1) is 14.9. The Kier molecular flexibility index (Phi) is 9.76. The number of sulfone groups is 1. The topological polar surface area (TPSA) is 54.5 Å². The van der Waals surface area contributed by atoms with Gasteiger partial charge >= 0.3 is 0 Å². The van der Waals surface area contributed by atoms with Crippen molar-refractivity contribution in [3.63, 3.8) is 0 Å². The van der Waals surface area contributed by atoms with Crippen molar-refractivity contribution in [3.8, 4) is 10.4 Å². The van der Waals surface area contributed by atoms with Gasteiger partial charge in [0.15, 0.2) is 9.84 Å². The van der Waals surface area contributed by atoms with E-state index in [1.165, 1.54) is 31.9 Å². The van der Waals surface area contributed by atoms with Gasteiger partial charge in [0.25, 0.3) is 5.91 Å². The third-order valence-electron chi connectivity index (χ3n) is 5.92. The van der Waals surface area contributed by atoms with Gasteiger partial charge in [0.05, 0.1) is 10.5 Å². The molecule has 2 aliphatic rings. The third-order valence-corrected chi connectivity index (χ3v) is 8.03. The Morgan fingerprint density at radius 1 is 0.968 bits per heavy atom. The molecule has 1 amide bonds. The molecule has 172 valence electrons. The van der Waals surface area contributed by atoms with Gasteiger partial charge in [0, 0.05) is 29.1 Å². The number of carbonyl (C=O) groups excluding carboxylic acids is 1. The third kappa shape index (κ3) is 6.19. The van der Waals surface area contributed by atoms with Gasteiger partial charge in [-0.2, -0.15) is 0 Å². The second-order valence-corrected chi connectivity index (χ2v) is 10.7. The normalized spacial score (nSPS) is 20.5. The Labute approximate surface area is 192 Å². The minimum Gasteiger partial charge on any atom is -0.335 e. The highest BCUT2D eigenvalue weighted by molar-refractivity contribution is 7.90. The summed E-state index contributed by atoms with van der Waals surface area (Å²) < 4.78 is 23.2. The lowest BCUT2D eigenvalue weighted by molar-refractivity contribution is 0.0391.